The van der Waals surface area contributed by atoms with E-state index in [1.807, 2.05) is 13.8 Å². The molecular formula is C27H23ClF2N6O2. The Kier molecular flexibility index (Phi) is 6.92. The van der Waals surface area contributed by atoms with Crippen LogP contribution in [-0.4, -0.2) is 35.3 Å². The quantitative estimate of drug-likeness (QED) is 0.268. The standard InChI is InChI=1S/C27H23ClF2N6O2/c1-3-34-14-16(13-31-34)36(20-12-8-7-11-19(20)30)27(38)23-22(17-9-5-6-10-18(17)29)24-26(33-25(23)28)32-21(15-37)35(24)4-2/h5-14,37H,3-4,15H2,1-2H3. The topological polar surface area (TPSA) is 89.1 Å². The molecule has 0 saturated carbocycles. The molecule has 0 atom stereocenters. The summed E-state index contributed by atoms with van der Waals surface area (Å²) < 4.78 is 33.7. The molecule has 5 aromatic rings. The van der Waals surface area contributed by atoms with Crippen LogP contribution in [0.15, 0.2) is 60.9 Å². The minimum Gasteiger partial charge on any atom is -0.388 e. The summed E-state index contributed by atoms with van der Waals surface area (Å²) >= 11 is 6.64. The fourth-order valence-corrected chi connectivity index (χ4v) is 4.77. The predicted octanol–water partition coefficient (Wildman–Crippen LogP) is 5.74. The Hall–Kier alpha value is -4.15. The number of aliphatic hydroxyl groups excluding tert-OH is 1. The van der Waals surface area contributed by atoms with Gasteiger partial charge in [0.15, 0.2) is 5.65 Å². The number of nitrogens with zero attached hydrogens (tertiary/aromatic N) is 6. The Bertz CT molecular complexity index is 1670. The highest BCUT2D eigenvalue weighted by Gasteiger charge is 2.32. The van der Waals surface area contributed by atoms with Gasteiger partial charge in [0.05, 0.1) is 28.7 Å². The lowest BCUT2D eigenvalue weighted by Crippen LogP contribution is -2.28. The molecule has 8 nitrogen and oxygen atoms in total. The number of carbonyl (C=O) groups is 1. The first kappa shape index (κ1) is 25.5. The summed E-state index contributed by atoms with van der Waals surface area (Å²) in [6.45, 7) is 4.17. The van der Waals surface area contributed by atoms with Crippen molar-refractivity contribution < 1.29 is 18.7 Å². The number of anilines is 2. The van der Waals surface area contributed by atoms with Crippen molar-refractivity contribution in [2.24, 2.45) is 0 Å². The van der Waals surface area contributed by atoms with Gasteiger partial charge < -0.3 is 9.67 Å². The third-order valence-corrected chi connectivity index (χ3v) is 6.51. The zero-order chi connectivity index (χ0) is 27.0. The fraction of sp³-hybridized carbons (Fsp3) is 0.185. The Morgan fingerprint density at radius 3 is 2.37 bits per heavy atom. The third kappa shape index (κ3) is 4.21. The van der Waals surface area contributed by atoms with Crippen molar-refractivity contribution in [3.63, 3.8) is 0 Å². The largest absolute Gasteiger partial charge is 0.388 e. The molecule has 0 aliphatic carbocycles. The molecule has 0 spiro atoms. The maximum Gasteiger partial charge on any atom is 0.266 e. The second-order valence-corrected chi connectivity index (χ2v) is 8.74. The maximum absolute atomic E-state index is 15.3. The number of halogens is 3. The van der Waals surface area contributed by atoms with E-state index in [1.165, 1.54) is 42.6 Å². The highest BCUT2D eigenvalue weighted by molar-refractivity contribution is 6.36. The second kappa shape index (κ2) is 10.3. The van der Waals surface area contributed by atoms with Gasteiger partial charge in [-0.1, -0.05) is 41.9 Å². The second-order valence-electron chi connectivity index (χ2n) is 8.38. The SMILES string of the molecule is CCn1cc(N(C(=O)c2c(Cl)nc3nc(CO)n(CC)c3c2-c2ccccc2F)c2ccccc2F)cn1. The summed E-state index contributed by atoms with van der Waals surface area (Å²) in [6, 6.07) is 11.8. The first-order chi connectivity index (χ1) is 18.4. The molecule has 0 aliphatic heterocycles. The van der Waals surface area contributed by atoms with Crippen molar-refractivity contribution in [1.29, 1.82) is 0 Å². The van der Waals surface area contributed by atoms with Gasteiger partial charge in [0, 0.05) is 30.4 Å². The molecule has 0 aliphatic rings. The summed E-state index contributed by atoms with van der Waals surface area (Å²) in [6.07, 6.45) is 3.05. The molecule has 1 N–H and O–H groups in total. The zero-order valence-electron chi connectivity index (χ0n) is 20.6. The molecule has 0 bridgehead atoms. The van der Waals surface area contributed by atoms with Crippen LogP contribution in [0.3, 0.4) is 0 Å². The van der Waals surface area contributed by atoms with Gasteiger partial charge in [-0.05, 0) is 32.0 Å². The molecule has 0 radical (unpaired) electrons. The predicted molar refractivity (Wildman–Crippen MR) is 140 cm³/mol. The van der Waals surface area contributed by atoms with Gasteiger partial charge in [0.2, 0.25) is 0 Å². The molecule has 2 aromatic carbocycles. The molecule has 5 rings (SSSR count). The molecule has 0 saturated heterocycles. The van der Waals surface area contributed by atoms with Crippen molar-refractivity contribution in [1.82, 2.24) is 24.3 Å². The van der Waals surface area contributed by atoms with Gasteiger partial charge in [0.1, 0.15) is 29.2 Å². The summed E-state index contributed by atoms with van der Waals surface area (Å²) in [4.78, 5) is 24.3. The fourth-order valence-electron chi connectivity index (χ4n) is 4.51. The van der Waals surface area contributed by atoms with E-state index < -0.39 is 24.1 Å². The molecule has 0 unspecified atom stereocenters. The number of carbonyl (C=O) groups excluding carboxylic acids is 1. The highest BCUT2D eigenvalue weighted by Crippen LogP contribution is 2.40. The van der Waals surface area contributed by atoms with E-state index in [4.69, 9.17) is 11.6 Å². The normalized spacial score (nSPS) is 11.3. The minimum absolute atomic E-state index is 0.0381. The van der Waals surface area contributed by atoms with E-state index in [0.717, 1.165) is 4.90 Å². The van der Waals surface area contributed by atoms with Crippen LogP contribution in [0, 0.1) is 11.6 Å². The van der Waals surface area contributed by atoms with Crippen molar-refractivity contribution in [3.8, 4) is 11.1 Å². The number of aryl methyl sites for hydroxylation is 2. The number of fused-ring (bicyclic) bond motifs is 1. The Labute approximate surface area is 221 Å². The van der Waals surface area contributed by atoms with Gasteiger partial charge in [0.25, 0.3) is 5.91 Å². The minimum atomic E-state index is -0.738. The number of hydrogen-bond donors (Lipinski definition) is 1. The van der Waals surface area contributed by atoms with Gasteiger partial charge in [-0.25, -0.2) is 18.7 Å². The van der Waals surface area contributed by atoms with Crippen LogP contribution in [0.5, 0.6) is 0 Å². The first-order valence-corrected chi connectivity index (χ1v) is 12.3. The van der Waals surface area contributed by atoms with E-state index in [9.17, 15) is 9.90 Å². The van der Waals surface area contributed by atoms with E-state index >= 15 is 8.78 Å². The smallest absolute Gasteiger partial charge is 0.266 e. The molecular weight excluding hydrogens is 514 g/mol. The Balaban J connectivity index is 1.87. The van der Waals surface area contributed by atoms with E-state index in [0.29, 0.717) is 18.6 Å². The average molecular weight is 537 g/mol. The van der Waals surface area contributed by atoms with Crippen LogP contribution in [0.2, 0.25) is 5.15 Å². The summed E-state index contributed by atoms with van der Waals surface area (Å²) in [5.74, 6) is -1.71. The Morgan fingerprint density at radius 2 is 1.74 bits per heavy atom. The highest BCUT2D eigenvalue weighted by atomic mass is 35.5. The first-order valence-electron chi connectivity index (χ1n) is 11.9. The summed E-state index contributed by atoms with van der Waals surface area (Å²) in [5.41, 5.74) is 0.805. The number of para-hydroxylation sites is 1. The lowest BCUT2D eigenvalue weighted by Gasteiger charge is -2.24. The number of rotatable bonds is 7. The number of benzene rings is 2. The van der Waals surface area contributed by atoms with Crippen LogP contribution >= 0.6 is 11.6 Å². The lowest BCUT2D eigenvalue weighted by molar-refractivity contribution is 0.0999. The monoisotopic (exact) mass is 536 g/mol. The van der Waals surface area contributed by atoms with Crippen LogP contribution in [0.4, 0.5) is 20.2 Å². The molecule has 38 heavy (non-hydrogen) atoms. The van der Waals surface area contributed by atoms with Crippen LogP contribution in [0.25, 0.3) is 22.3 Å². The number of amides is 1. The molecule has 3 heterocycles. The number of pyridine rings is 1. The summed E-state index contributed by atoms with van der Waals surface area (Å²) in [5, 5.41) is 13.9. The molecule has 0 fully saturated rings. The Morgan fingerprint density at radius 1 is 1.03 bits per heavy atom. The summed E-state index contributed by atoms with van der Waals surface area (Å²) in [7, 11) is 0. The van der Waals surface area contributed by atoms with Gasteiger partial charge in [-0.15, -0.1) is 0 Å². The van der Waals surface area contributed by atoms with Crippen LogP contribution < -0.4 is 4.90 Å². The van der Waals surface area contributed by atoms with Crippen molar-refractivity contribution >= 4 is 40.0 Å². The van der Waals surface area contributed by atoms with E-state index in [2.05, 4.69) is 15.1 Å². The number of aliphatic hydroxyl groups is 1. The zero-order valence-corrected chi connectivity index (χ0v) is 21.3. The van der Waals surface area contributed by atoms with Gasteiger partial charge in [-0.2, -0.15) is 5.10 Å². The molecule has 194 valence electrons. The van der Waals surface area contributed by atoms with Crippen molar-refractivity contribution in [2.75, 3.05) is 4.90 Å². The van der Waals surface area contributed by atoms with Crippen LogP contribution in [-0.2, 0) is 19.7 Å². The van der Waals surface area contributed by atoms with Crippen LogP contribution in [0.1, 0.15) is 30.0 Å². The number of hydrogen-bond acceptors (Lipinski definition) is 5. The van der Waals surface area contributed by atoms with Gasteiger partial charge >= 0.3 is 0 Å². The average Bonchev–Trinajstić information content (AvgIpc) is 3.53. The molecule has 1 amide bonds. The maximum atomic E-state index is 15.3. The number of imidazole rings is 1. The molecule has 3 aromatic heterocycles. The van der Waals surface area contributed by atoms with Gasteiger partial charge in [-0.3, -0.25) is 14.4 Å². The lowest BCUT2D eigenvalue weighted by atomic mass is 9.98. The van der Waals surface area contributed by atoms with E-state index in [-0.39, 0.29) is 44.7 Å². The van der Waals surface area contributed by atoms with E-state index in [1.54, 1.807) is 27.6 Å². The van der Waals surface area contributed by atoms with Crippen molar-refractivity contribution in [3.05, 3.63) is 89.1 Å². The molecule has 11 heteroatoms. The van der Waals surface area contributed by atoms with Crippen molar-refractivity contribution in [2.45, 2.75) is 33.5 Å². The number of aromatic nitrogens is 5. The third-order valence-electron chi connectivity index (χ3n) is 6.24.